The van der Waals surface area contributed by atoms with Gasteiger partial charge in [-0.15, -0.1) is 0 Å². The monoisotopic (exact) mass is 161 g/mol. The maximum absolute atomic E-state index is 3.12. The first-order valence-electron chi connectivity index (χ1n) is 4.40. The van der Waals surface area contributed by atoms with Gasteiger partial charge in [0.1, 0.15) is 0 Å². The van der Waals surface area contributed by atoms with Crippen LogP contribution in [-0.4, -0.2) is 4.98 Å². The SMILES string of the molecule is CCC.c1ccc2[nH]ccc2c1. The van der Waals surface area contributed by atoms with Crippen LogP contribution in [0.5, 0.6) is 0 Å². The number of H-pyrrole nitrogens is 1. The zero-order chi connectivity index (χ0) is 8.81. The molecule has 2 aromatic rings. The number of rotatable bonds is 0. The molecular formula is C11H15N. The van der Waals surface area contributed by atoms with E-state index in [1.165, 1.54) is 17.3 Å². The average Bonchev–Trinajstić information content (AvgIpc) is 2.52. The van der Waals surface area contributed by atoms with Crippen molar-refractivity contribution in [3.63, 3.8) is 0 Å². The summed E-state index contributed by atoms with van der Waals surface area (Å²) >= 11 is 0. The predicted octanol–water partition coefficient (Wildman–Crippen LogP) is 3.58. The first-order chi connectivity index (χ1) is 5.88. The van der Waals surface area contributed by atoms with Crippen LogP contribution in [0.2, 0.25) is 0 Å². The van der Waals surface area contributed by atoms with Gasteiger partial charge in [0.2, 0.25) is 0 Å². The molecule has 0 atom stereocenters. The van der Waals surface area contributed by atoms with E-state index in [0.29, 0.717) is 0 Å². The lowest BCUT2D eigenvalue weighted by Crippen LogP contribution is -1.61. The average molecular weight is 161 g/mol. The minimum Gasteiger partial charge on any atom is -0.361 e. The number of nitrogens with one attached hydrogen (secondary N) is 1. The van der Waals surface area contributed by atoms with Gasteiger partial charge in [0.05, 0.1) is 0 Å². The Morgan fingerprint density at radius 1 is 1.08 bits per heavy atom. The van der Waals surface area contributed by atoms with Crippen LogP contribution in [0.1, 0.15) is 20.3 Å². The lowest BCUT2D eigenvalue weighted by Gasteiger charge is -1.83. The number of aromatic amines is 1. The lowest BCUT2D eigenvalue weighted by molar-refractivity contribution is 1.09. The van der Waals surface area contributed by atoms with Crippen molar-refractivity contribution in [1.82, 2.24) is 4.98 Å². The van der Waals surface area contributed by atoms with E-state index >= 15 is 0 Å². The number of fused-ring (bicyclic) bond motifs is 1. The smallest absolute Gasteiger partial charge is 0.0453 e. The summed E-state index contributed by atoms with van der Waals surface area (Å²) in [6, 6.07) is 10.3. The van der Waals surface area contributed by atoms with Gasteiger partial charge in [-0.05, 0) is 17.5 Å². The highest BCUT2D eigenvalue weighted by molar-refractivity contribution is 5.78. The van der Waals surface area contributed by atoms with Crippen LogP contribution in [0.4, 0.5) is 0 Å². The van der Waals surface area contributed by atoms with Gasteiger partial charge >= 0.3 is 0 Å². The molecule has 2 rings (SSSR count). The molecule has 0 aliphatic heterocycles. The largest absolute Gasteiger partial charge is 0.361 e. The minimum absolute atomic E-state index is 1.21. The van der Waals surface area contributed by atoms with Gasteiger partial charge in [-0.25, -0.2) is 0 Å². The Balaban J connectivity index is 0.000000213. The summed E-state index contributed by atoms with van der Waals surface area (Å²) in [5.74, 6) is 0. The molecule has 1 nitrogen and oxygen atoms in total. The van der Waals surface area contributed by atoms with Gasteiger partial charge in [-0.3, -0.25) is 0 Å². The van der Waals surface area contributed by atoms with Crippen molar-refractivity contribution in [1.29, 1.82) is 0 Å². The fraction of sp³-hybridized carbons (Fsp3) is 0.273. The van der Waals surface area contributed by atoms with Gasteiger partial charge < -0.3 is 4.98 Å². The molecule has 0 radical (unpaired) electrons. The molecule has 1 aromatic heterocycles. The van der Waals surface area contributed by atoms with Crippen LogP contribution in [0, 0.1) is 0 Å². The molecular weight excluding hydrogens is 146 g/mol. The van der Waals surface area contributed by atoms with Crippen molar-refractivity contribution in [2.75, 3.05) is 0 Å². The normalized spacial score (nSPS) is 9.17. The molecule has 12 heavy (non-hydrogen) atoms. The third-order valence-corrected chi connectivity index (χ3v) is 1.46. The molecule has 0 fully saturated rings. The summed E-state index contributed by atoms with van der Waals surface area (Å²) < 4.78 is 0. The van der Waals surface area contributed by atoms with Gasteiger partial charge in [-0.1, -0.05) is 38.5 Å². The third kappa shape index (κ3) is 2.12. The molecule has 1 aromatic carbocycles. The number of hydrogen-bond donors (Lipinski definition) is 1. The Labute approximate surface area is 73.4 Å². The zero-order valence-electron chi connectivity index (χ0n) is 7.67. The van der Waals surface area contributed by atoms with Crippen LogP contribution in [-0.2, 0) is 0 Å². The number of benzene rings is 1. The maximum Gasteiger partial charge on any atom is 0.0453 e. The molecule has 0 spiro atoms. The summed E-state index contributed by atoms with van der Waals surface area (Å²) in [5, 5.41) is 1.28. The summed E-state index contributed by atoms with van der Waals surface area (Å²) in [4.78, 5) is 3.12. The highest BCUT2D eigenvalue weighted by atomic mass is 14.6. The third-order valence-electron chi connectivity index (χ3n) is 1.46. The van der Waals surface area contributed by atoms with Crippen LogP contribution < -0.4 is 0 Å². The van der Waals surface area contributed by atoms with Crippen molar-refractivity contribution >= 4 is 10.9 Å². The molecule has 1 heterocycles. The van der Waals surface area contributed by atoms with E-state index in [9.17, 15) is 0 Å². The molecule has 1 heteroatoms. The Morgan fingerprint density at radius 3 is 2.42 bits per heavy atom. The van der Waals surface area contributed by atoms with E-state index in [1.807, 2.05) is 18.3 Å². The van der Waals surface area contributed by atoms with E-state index in [1.54, 1.807) is 0 Å². The molecule has 0 saturated heterocycles. The Kier molecular flexibility index (Phi) is 3.39. The van der Waals surface area contributed by atoms with Crippen molar-refractivity contribution in [2.24, 2.45) is 0 Å². The topological polar surface area (TPSA) is 15.8 Å². The Bertz CT molecular complexity index is 292. The Hall–Kier alpha value is -1.24. The fourth-order valence-electron chi connectivity index (χ4n) is 0.995. The summed E-state index contributed by atoms with van der Waals surface area (Å²) in [6.45, 7) is 4.25. The molecule has 1 N–H and O–H groups in total. The second-order valence-electron chi connectivity index (χ2n) is 2.77. The second-order valence-corrected chi connectivity index (χ2v) is 2.77. The van der Waals surface area contributed by atoms with Crippen LogP contribution in [0.25, 0.3) is 10.9 Å². The van der Waals surface area contributed by atoms with Gasteiger partial charge in [-0.2, -0.15) is 0 Å². The summed E-state index contributed by atoms with van der Waals surface area (Å²) in [7, 11) is 0. The first-order valence-corrected chi connectivity index (χ1v) is 4.40. The van der Waals surface area contributed by atoms with E-state index in [2.05, 4.69) is 37.0 Å². The van der Waals surface area contributed by atoms with Gasteiger partial charge in [0.25, 0.3) is 0 Å². The molecule has 0 saturated carbocycles. The van der Waals surface area contributed by atoms with Crippen LogP contribution >= 0.6 is 0 Å². The second kappa shape index (κ2) is 4.60. The van der Waals surface area contributed by atoms with E-state index in [-0.39, 0.29) is 0 Å². The van der Waals surface area contributed by atoms with Crippen molar-refractivity contribution in [2.45, 2.75) is 20.3 Å². The van der Waals surface area contributed by atoms with E-state index < -0.39 is 0 Å². The van der Waals surface area contributed by atoms with E-state index in [0.717, 1.165) is 0 Å². The summed E-state index contributed by atoms with van der Waals surface area (Å²) in [5.41, 5.74) is 1.21. The standard InChI is InChI=1S/C8H7N.C3H8/c1-2-4-8-7(3-1)5-6-9-8;1-3-2/h1-6,9H;3H2,1-2H3. The first kappa shape index (κ1) is 8.85. The van der Waals surface area contributed by atoms with E-state index in [4.69, 9.17) is 0 Å². The van der Waals surface area contributed by atoms with Crippen molar-refractivity contribution < 1.29 is 0 Å². The summed E-state index contributed by atoms with van der Waals surface area (Å²) in [6.07, 6.45) is 3.20. The number of aromatic nitrogens is 1. The Morgan fingerprint density at radius 2 is 1.75 bits per heavy atom. The molecule has 0 aliphatic carbocycles. The minimum atomic E-state index is 1.21. The molecule has 0 bridgehead atoms. The predicted molar refractivity (Wildman–Crippen MR) is 54.3 cm³/mol. The van der Waals surface area contributed by atoms with Crippen molar-refractivity contribution in [3.05, 3.63) is 36.5 Å². The molecule has 64 valence electrons. The van der Waals surface area contributed by atoms with Gasteiger partial charge in [0, 0.05) is 11.7 Å². The fourth-order valence-corrected chi connectivity index (χ4v) is 0.995. The molecule has 0 unspecified atom stereocenters. The molecule has 0 amide bonds. The van der Waals surface area contributed by atoms with Gasteiger partial charge in [0.15, 0.2) is 0 Å². The van der Waals surface area contributed by atoms with Crippen LogP contribution in [0.3, 0.4) is 0 Å². The zero-order valence-corrected chi connectivity index (χ0v) is 7.67. The highest BCUT2D eigenvalue weighted by Crippen LogP contribution is 2.09. The lowest BCUT2D eigenvalue weighted by atomic mass is 10.3. The quantitative estimate of drug-likeness (QED) is 0.607. The van der Waals surface area contributed by atoms with Crippen LogP contribution in [0.15, 0.2) is 36.5 Å². The van der Waals surface area contributed by atoms with Crippen molar-refractivity contribution in [3.8, 4) is 0 Å². The molecule has 0 aliphatic rings. The maximum atomic E-state index is 3.12. The number of hydrogen-bond acceptors (Lipinski definition) is 0. The highest BCUT2D eigenvalue weighted by Gasteiger charge is 1.86. The number of para-hydroxylation sites is 1.